The summed E-state index contributed by atoms with van der Waals surface area (Å²) in [6.45, 7) is 2.01. The first-order valence-corrected chi connectivity index (χ1v) is 12.1. The number of aromatic nitrogens is 2. The quantitative estimate of drug-likeness (QED) is 0.373. The Kier molecular flexibility index (Phi) is 6.94. The number of hydrogen-bond acceptors (Lipinski definition) is 6. The average Bonchev–Trinajstić information content (AvgIpc) is 3.18. The van der Waals surface area contributed by atoms with Gasteiger partial charge in [0.05, 0.1) is 34.7 Å². The molecule has 11 heteroatoms. The molecule has 178 valence electrons. The monoisotopic (exact) mass is 507 g/mol. The minimum absolute atomic E-state index is 0.0418. The normalized spacial score (nSPS) is 15.1. The summed E-state index contributed by atoms with van der Waals surface area (Å²) >= 11 is 2.52. The Morgan fingerprint density at radius 1 is 1.26 bits per heavy atom. The molecule has 1 atom stereocenters. The highest BCUT2D eigenvalue weighted by Crippen LogP contribution is 2.35. The Hall–Kier alpha value is -2.92. The van der Waals surface area contributed by atoms with Gasteiger partial charge in [0.15, 0.2) is 5.16 Å². The third-order valence-electron chi connectivity index (χ3n) is 5.02. The fraction of sp³-hybridized carbons (Fsp3) is 0.261. The number of alkyl halides is 3. The molecular formula is C23H20F3N3O3S2. The van der Waals surface area contributed by atoms with Crippen LogP contribution in [-0.4, -0.2) is 33.6 Å². The summed E-state index contributed by atoms with van der Waals surface area (Å²) < 4.78 is 45.4. The summed E-state index contributed by atoms with van der Waals surface area (Å²) in [4.78, 5) is 31.0. The van der Waals surface area contributed by atoms with E-state index >= 15 is 0 Å². The van der Waals surface area contributed by atoms with E-state index in [0.717, 1.165) is 23.9 Å². The van der Waals surface area contributed by atoms with Gasteiger partial charge in [-0.25, -0.2) is 4.98 Å². The molecule has 2 aromatic carbocycles. The molecule has 1 N–H and O–H groups in total. The lowest BCUT2D eigenvalue weighted by Crippen LogP contribution is -2.24. The van der Waals surface area contributed by atoms with Crippen LogP contribution in [0, 0.1) is 0 Å². The number of thioether (sulfide) groups is 2. The number of nitrogens with one attached hydrogen (secondary N) is 1. The second kappa shape index (κ2) is 9.75. The second-order valence-corrected chi connectivity index (χ2v) is 9.95. The van der Waals surface area contributed by atoms with Gasteiger partial charge in [-0.05, 0) is 42.5 Å². The van der Waals surface area contributed by atoms with Crippen molar-refractivity contribution in [3.63, 3.8) is 0 Å². The van der Waals surface area contributed by atoms with Gasteiger partial charge in [-0.15, -0.1) is 11.8 Å². The maximum atomic E-state index is 13.3. The second-order valence-electron chi connectivity index (χ2n) is 7.56. The van der Waals surface area contributed by atoms with Gasteiger partial charge in [-0.1, -0.05) is 24.8 Å². The number of anilines is 1. The van der Waals surface area contributed by atoms with Gasteiger partial charge in [0, 0.05) is 17.4 Å². The molecular weight excluding hydrogens is 487 g/mol. The summed E-state index contributed by atoms with van der Waals surface area (Å²) in [5.74, 6) is -0.0213. The number of carbonyl (C=O) groups excluding carboxylic acids is 1. The average molecular weight is 508 g/mol. The van der Waals surface area contributed by atoms with Crippen molar-refractivity contribution in [1.29, 1.82) is 0 Å². The van der Waals surface area contributed by atoms with E-state index in [1.807, 2.05) is 6.92 Å². The number of rotatable bonds is 6. The van der Waals surface area contributed by atoms with Crippen LogP contribution >= 0.6 is 23.5 Å². The molecule has 0 fully saturated rings. The van der Waals surface area contributed by atoms with E-state index in [-0.39, 0.29) is 22.2 Å². The van der Waals surface area contributed by atoms with Crippen molar-refractivity contribution >= 4 is 35.1 Å². The van der Waals surface area contributed by atoms with Gasteiger partial charge in [0.2, 0.25) is 5.91 Å². The number of ether oxygens (including phenoxy) is 1. The van der Waals surface area contributed by atoms with Crippen LogP contribution in [0.2, 0.25) is 0 Å². The standard InChI is InChI=1S/C23H20F3N3O3S2/c1-13-10-18-20(34-13)21(31)29(16-6-8-17(32-2)9-7-16)22(28-18)33-12-19(30)27-15-5-3-4-14(11-15)23(24,25)26/h3-9,11,13H,10,12H2,1-2H3,(H,27,30). The van der Waals surface area contributed by atoms with Crippen molar-refractivity contribution in [3.8, 4) is 11.4 Å². The van der Waals surface area contributed by atoms with E-state index < -0.39 is 17.6 Å². The lowest BCUT2D eigenvalue weighted by molar-refractivity contribution is -0.137. The molecule has 2 heterocycles. The summed E-state index contributed by atoms with van der Waals surface area (Å²) in [7, 11) is 1.54. The van der Waals surface area contributed by atoms with E-state index in [4.69, 9.17) is 4.74 Å². The number of halogens is 3. The predicted octanol–water partition coefficient (Wildman–Crippen LogP) is 5.03. The lowest BCUT2D eigenvalue weighted by Gasteiger charge is -2.14. The summed E-state index contributed by atoms with van der Waals surface area (Å²) in [5.41, 5.74) is 0.235. The number of hydrogen-bond donors (Lipinski definition) is 1. The lowest BCUT2D eigenvalue weighted by atomic mass is 10.2. The summed E-state index contributed by atoms with van der Waals surface area (Å²) in [5, 5.41) is 3.03. The van der Waals surface area contributed by atoms with Crippen molar-refractivity contribution < 1.29 is 22.7 Å². The third kappa shape index (κ3) is 5.25. The van der Waals surface area contributed by atoms with Crippen LogP contribution in [0.15, 0.2) is 63.4 Å². The van der Waals surface area contributed by atoms with Crippen LogP contribution in [0.25, 0.3) is 5.69 Å². The van der Waals surface area contributed by atoms with Gasteiger partial charge < -0.3 is 10.1 Å². The van der Waals surface area contributed by atoms with Crippen molar-refractivity contribution in [2.24, 2.45) is 0 Å². The molecule has 6 nitrogen and oxygen atoms in total. The van der Waals surface area contributed by atoms with Crippen molar-refractivity contribution in [3.05, 3.63) is 70.1 Å². The van der Waals surface area contributed by atoms with Gasteiger partial charge in [0.25, 0.3) is 5.56 Å². The van der Waals surface area contributed by atoms with Crippen molar-refractivity contribution in [1.82, 2.24) is 9.55 Å². The minimum Gasteiger partial charge on any atom is -0.497 e. The number of fused-ring (bicyclic) bond motifs is 1. The van der Waals surface area contributed by atoms with E-state index in [1.165, 1.54) is 28.5 Å². The third-order valence-corrected chi connectivity index (χ3v) is 7.17. The van der Waals surface area contributed by atoms with Crippen molar-refractivity contribution in [2.75, 3.05) is 18.2 Å². The topological polar surface area (TPSA) is 73.2 Å². The van der Waals surface area contributed by atoms with Crippen LogP contribution in [0.1, 0.15) is 18.2 Å². The molecule has 1 aliphatic heterocycles. The Morgan fingerprint density at radius 2 is 2.00 bits per heavy atom. The van der Waals surface area contributed by atoms with E-state index in [9.17, 15) is 22.8 Å². The van der Waals surface area contributed by atoms with Gasteiger partial charge in [-0.2, -0.15) is 13.2 Å². The van der Waals surface area contributed by atoms with E-state index in [1.54, 1.807) is 31.4 Å². The number of nitrogens with zero attached hydrogens (tertiary/aromatic N) is 2. The smallest absolute Gasteiger partial charge is 0.416 e. The van der Waals surface area contributed by atoms with Crippen LogP contribution < -0.4 is 15.6 Å². The number of carbonyl (C=O) groups is 1. The molecule has 0 spiro atoms. The Bertz CT molecular complexity index is 1280. The highest BCUT2D eigenvalue weighted by molar-refractivity contribution is 8.00. The molecule has 0 saturated carbocycles. The number of benzene rings is 2. The Balaban J connectivity index is 1.59. The maximum Gasteiger partial charge on any atom is 0.416 e. The Morgan fingerprint density at radius 3 is 2.68 bits per heavy atom. The first kappa shape index (κ1) is 24.2. The zero-order chi connectivity index (χ0) is 24.5. The molecule has 1 aromatic heterocycles. The zero-order valence-corrected chi connectivity index (χ0v) is 19.8. The number of amides is 1. The van der Waals surface area contributed by atoms with Crippen LogP contribution in [-0.2, 0) is 17.4 Å². The largest absolute Gasteiger partial charge is 0.497 e. The molecule has 4 rings (SSSR count). The fourth-order valence-corrected chi connectivity index (χ4v) is 5.38. The minimum atomic E-state index is -4.51. The maximum absolute atomic E-state index is 13.3. The predicted molar refractivity (Wildman–Crippen MR) is 126 cm³/mol. The fourth-order valence-electron chi connectivity index (χ4n) is 3.46. The molecule has 0 bridgehead atoms. The van der Waals surface area contributed by atoms with Gasteiger partial charge >= 0.3 is 6.18 Å². The summed E-state index contributed by atoms with van der Waals surface area (Å²) in [6, 6.07) is 11.3. The molecule has 1 unspecified atom stereocenters. The highest BCUT2D eigenvalue weighted by atomic mass is 32.2. The molecule has 0 saturated heterocycles. The molecule has 1 amide bonds. The van der Waals surface area contributed by atoms with Gasteiger partial charge in [-0.3, -0.25) is 14.2 Å². The molecule has 34 heavy (non-hydrogen) atoms. The van der Waals surface area contributed by atoms with Crippen LogP contribution in [0.4, 0.5) is 18.9 Å². The molecule has 1 aliphatic rings. The molecule has 3 aromatic rings. The first-order chi connectivity index (χ1) is 16.2. The molecule has 0 radical (unpaired) electrons. The first-order valence-electron chi connectivity index (χ1n) is 10.2. The summed E-state index contributed by atoms with van der Waals surface area (Å²) in [6.07, 6.45) is -3.86. The number of methoxy groups -OCH3 is 1. The van der Waals surface area contributed by atoms with E-state index in [0.29, 0.717) is 33.6 Å². The molecule has 0 aliphatic carbocycles. The van der Waals surface area contributed by atoms with Crippen LogP contribution in [0.5, 0.6) is 5.75 Å². The SMILES string of the molecule is COc1ccc(-n2c(SCC(=O)Nc3cccc(C(F)(F)F)c3)nc3c(c2=O)SC(C)C3)cc1. The highest BCUT2D eigenvalue weighted by Gasteiger charge is 2.30. The van der Waals surface area contributed by atoms with Crippen LogP contribution in [0.3, 0.4) is 0 Å². The van der Waals surface area contributed by atoms with Crippen molar-refractivity contribution in [2.45, 2.75) is 34.8 Å². The van der Waals surface area contributed by atoms with Gasteiger partial charge in [0.1, 0.15) is 5.75 Å². The Labute approximate surface area is 201 Å². The zero-order valence-electron chi connectivity index (χ0n) is 18.2. The van der Waals surface area contributed by atoms with E-state index in [2.05, 4.69) is 10.3 Å².